The highest BCUT2D eigenvalue weighted by molar-refractivity contribution is 5.73. The average molecular weight is 218 g/mol. The molecule has 0 aliphatic heterocycles. The van der Waals surface area contributed by atoms with Gasteiger partial charge in [0.2, 0.25) is 0 Å². The van der Waals surface area contributed by atoms with Gasteiger partial charge in [0.15, 0.2) is 0 Å². The summed E-state index contributed by atoms with van der Waals surface area (Å²) >= 11 is 0. The first kappa shape index (κ1) is 16.2. The van der Waals surface area contributed by atoms with E-state index in [1.165, 1.54) is 0 Å². The van der Waals surface area contributed by atoms with Gasteiger partial charge < -0.3 is 26.2 Å². The van der Waals surface area contributed by atoms with E-state index in [0.717, 1.165) is 12.8 Å². The smallest absolute Gasteiger partial charge is 0.320 e. The molecule has 0 spiro atoms. The zero-order valence-electron chi connectivity index (χ0n) is 8.59. The lowest BCUT2D eigenvalue weighted by Gasteiger charge is -2.03. The number of hydrogen-bond acceptors (Lipinski definition) is 5. The Labute approximate surface area is 88.6 Å². The number of hydrogen-bond donors (Lipinski definition) is 3. The maximum atomic E-state index is 10.1. The average Bonchev–Trinajstić information content (AvgIpc) is 2.20. The van der Waals surface area contributed by atoms with E-state index < -0.39 is 12.0 Å². The van der Waals surface area contributed by atoms with E-state index in [-0.39, 0.29) is 6.42 Å². The lowest BCUT2D eigenvalue weighted by molar-refractivity contribution is -0.138. The Morgan fingerprint density at radius 1 is 1.27 bits per heavy atom. The maximum absolute atomic E-state index is 10.1. The van der Waals surface area contributed by atoms with Crippen LogP contribution in [0.15, 0.2) is 0 Å². The van der Waals surface area contributed by atoms with Crippen molar-refractivity contribution in [3.8, 4) is 0 Å². The van der Waals surface area contributed by atoms with Gasteiger partial charge in [0.05, 0.1) is 6.42 Å². The maximum Gasteiger partial charge on any atom is 0.320 e. The van der Waals surface area contributed by atoms with Crippen molar-refractivity contribution in [2.75, 3.05) is 6.54 Å². The van der Waals surface area contributed by atoms with Crippen molar-refractivity contribution < 1.29 is 19.5 Å². The van der Waals surface area contributed by atoms with Gasteiger partial charge in [0.25, 0.3) is 0 Å². The fourth-order valence-corrected chi connectivity index (χ4v) is 0.671. The monoisotopic (exact) mass is 218 g/mol. The number of carbonyl (C=O) groups is 3. The minimum Gasteiger partial charge on any atom is -0.480 e. The van der Waals surface area contributed by atoms with Crippen LogP contribution >= 0.6 is 0 Å². The second-order valence-electron chi connectivity index (χ2n) is 2.80. The van der Waals surface area contributed by atoms with Crippen molar-refractivity contribution in [3.05, 3.63) is 0 Å². The van der Waals surface area contributed by atoms with E-state index in [9.17, 15) is 14.4 Å². The minimum absolute atomic E-state index is 0.0278. The van der Waals surface area contributed by atoms with Crippen molar-refractivity contribution >= 4 is 18.5 Å². The van der Waals surface area contributed by atoms with Crippen LogP contribution < -0.4 is 11.5 Å². The predicted octanol–water partition coefficient (Wildman–Crippen LogP) is -0.698. The van der Waals surface area contributed by atoms with Gasteiger partial charge in [0.1, 0.15) is 18.6 Å². The molecule has 0 radical (unpaired) electrons. The molecule has 0 aromatic rings. The van der Waals surface area contributed by atoms with Crippen molar-refractivity contribution in [2.45, 2.75) is 31.7 Å². The van der Waals surface area contributed by atoms with Crippen LogP contribution in [-0.2, 0) is 14.4 Å². The number of aliphatic carboxylic acids is 1. The summed E-state index contributed by atoms with van der Waals surface area (Å²) in [6.07, 6.45) is 3.32. The molecule has 88 valence electrons. The largest absolute Gasteiger partial charge is 0.480 e. The van der Waals surface area contributed by atoms with E-state index in [0.29, 0.717) is 25.5 Å². The molecule has 5 N–H and O–H groups in total. The van der Waals surface area contributed by atoms with Crippen molar-refractivity contribution in [1.82, 2.24) is 0 Å². The number of unbranched alkanes of at least 4 members (excludes halogenated alkanes) is 1. The zero-order valence-corrected chi connectivity index (χ0v) is 8.59. The molecule has 0 saturated heterocycles. The first-order chi connectivity index (χ1) is 7.09. The molecule has 0 aliphatic carbocycles. The quantitative estimate of drug-likeness (QED) is 0.295. The van der Waals surface area contributed by atoms with Crippen LogP contribution in [0.2, 0.25) is 0 Å². The van der Waals surface area contributed by atoms with Gasteiger partial charge in [-0.3, -0.25) is 4.79 Å². The third kappa shape index (κ3) is 15.5. The Bertz CT molecular complexity index is 179. The van der Waals surface area contributed by atoms with E-state index in [1.54, 1.807) is 0 Å². The van der Waals surface area contributed by atoms with Gasteiger partial charge >= 0.3 is 5.97 Å². The lowest BCUT2D eigenvalue weighted by Crippen LogP contribution is -2.29. The number of carboxylic acid groups (broad SMARTS) is 1. The third-order valence-corrected chi connectivity index (χ3v) is 1.48. The van der Waals surface area contributed by atoms with Crippen LogP contribution in [0.25, 0.3) is 0 Å². The summed E-state index contributed by atoms with van der Waals surface area (Å²) in [5.74, 6) is -0.933. The molecule has 0 saturated carbocycles. The summed E-state index contributed by atoms with van der Waals surface area (Å²) < 4.78 is 0. The molecule has 0 aliphatic rings. The van der Waals surface area contributed by atoms with Gasteiger partial charge in [0, 0.05) is 0 Å². The topological polar surface area (TPSA) is 123 Å². The van der Waals surface area contributed by atoms with E-state index in [4.69, 9.17) is 16.6 Å². The molecule has 0 heterocycles. The van der Waals surface area contributed by atoms with Crippen molar-refractivity contribution in [2.24, 2.45) is 11.5 Å². The Morgan fingerprint density at radius 2 is 1.80 bits per heavy atom. The van der Waals surface area contributed by atoms with Gasteiger partial charge in [-0.2, -0.15) is 0 Å². The second-order valence-corrected chi connectivity index (χ2v) is 2.80. The highest BCUT2D eigenvalue weighted by Gasteiger charge is 2.09. The highest BCUT2D eigenvalue weighted by Crippen LogP contribution is 1.96. The molecule has 0 rings (SSSR count). The van der Waals surface area contributed by atoms with Gasteiger partial charge in [-0.25, -0.2) is 0 Å². The summed E-state index contributed by atoms with van der Waals surface area (Å²) in [6.45, 7) is 0.604. The molecule has 0 aromatic carbocycles. The number of rotatable bonds is 7. The van der Waals surface area contributed by atoms with Gasteiger partial charge in [-0.05, 0) is 19.4 Å². The van der Waals surface area contributed by atoms with Crippen LogP contribution in [0.3, 0.4) is 0 Å². The molecular weight excluding hydrogens is 200 g/mol. The van der Waals surface area contributed by atoms with Crippen molar-refractivity contribution in [3.63, 3.8) is 0 Å². The van der Waals surface area contributed by atoms with Crippen LogP contribution in [0.1, 0.15) is 25.7 Å². The number of aldehydes is 2. The first-order valence-corrected chi connectivity index (χ1v) is 4.65. The molecular formula is C9H18N2O4. The molecule has 0 fully saturated rings. The molecule has 0 unspecified atom stereocenters. The van der Waals surface area contributed by atoms with E-state index in [2.05, 4.69) is 0 Å². The molecule has 0 amide bonds. The first-order valence-electron chi connectivity index (χ1n) is 4.65. The van der Waals surface area contributed by atoms with Gasteiger partial charge in [-0.15, -0.1) is 0 Å². The number of carboxylic acids is 1. The number of nitrogens with two attached hydrogens (primary N) is 2. The highest BCUT2D eigenvalue weighted by atomic mass is 16.4. The summed E-state index contributed by atoms with van der Waals surface area (Å²) in [6, 6.07) is -0.716. The fourth-order valence-electron chi connectivity index (χ4n) is 0.671. The number of carbonyl (C=O) groups excluding carboxylic acids is 2. The van der Waals surface area contributed by atoms with Crippen LogP contribution in [0.4, 0.5) is 0 Å². The summed E-state index contributed by atoms with van der Waals surface area (Å²) in [7, 11) is 0. The Kier molecular flexibility index (Phi) is 13.7. The molecule has 1 atom stereocenters. The van der Waals surface area contributed by atoms with Crippen LogP contribution in [-0.4, -0.2) is 36.2 Å². The standard InChI is InChI=1S/C6H14N2O2.C3H4O2/c7-4-2-1-3-5(8)6(9)10;4-2-1-3-5/h5H,1-4,7-8H2,(H,9,10);2-3H,1H2/t5-;/m0./s1. The minimum atomic E-state index is -0.933. The fraction of sp³-hybridized carbons (Fsp3) is 0.667. The molecule has 0 aromatic heterocycles. The van der Waals surface area contributed by atoms with E-state index in [1.807, 2.05) is 0 Å². The van der Waals surface area contributed by atoms with Crippen LogP contribution in [0, 0.1) is 0 Å². The second kappa shape index (κ2) is 12.7. The third-order valence-electron chi connectivity index (χ3n) is 1.48. The zero-order chi connectivity index (χ0) is 12.1. The predicted molar refractivity (Wildman–Crippen MR) is 55.3 cm³/mol. The molecule has 0 bridgehead atoms. The summed E-state index contributed by atoms with van der Waals surface area (Å²) in [5.41, 5.74) is 10.4. The SMILES string of the molecule is NCCCC[C@H](N)C(=O)O.O=CCC=O. The van der Waals surface area contributed by atoms with Crippen LogP contribution in [0.5, 0.6) is 0 Å². The normalized spacial score (nSPS) is 10.8. The van der Waals surface area contributed by atoms with Gasteiger partial charge in [-0.1, -0.05) is 6.42 Å². The Hall–Kier alpha value is -1.27. The molecule has 15 heavy (non-hydrogen) atoms. The lowest BCUT2D eigenvalue weighted by atomic mass is 10.1. The van der Waals surface area contributed by atoms with E-state index >= 15 is 0 Å². The molecule has 6 nitrogen and oxygen atoms in total. The molecule has 6 heteroatoms. The Morgan fingerprint density at radius 3 is 2.07 bits per heavy atom. The van der Waals surface area contributed by atoms with Crippen molar-refractivity contribution in [1.29, 1.82) is 0 Å². The summed E-state index contributed by atoms with van der Waals surface area (Å²) in [5, 5.41) is 8.33. The Balaban J connectivity index is 0. The summed E-state index contributed by atoms with van der Waals surface area (Å²) in [4.78, 5) is 28.5.